The summed E-state index contributed by atoms with van der Waals surface area (Å²) in [5.41, 5.74) is 2.77. The second kappa shape index (κ2) is 12.2. The smallest absolute Gasteiger partial charge is 0.243 e. The molecule has 2 aromatic rings. The number of sulfonamides is 2. The normalized spacial score (nSPS) is 22.3. The molecule has 4 heterocycles. The number of piperidine rings is 2. The van der Waals surface area contributed by atoms with Gasteiger partial charge in [-0.25, -0.2) is 21.1 Å². The Bertz CT molecular complexity index is 1390. The van der Waals surface area contributed by atoms with E-state index >= 15 is 0 Å². The quantitative estimate of drug-likeness (QED) is 0.420. The van der Waals surface area contributed by atoms with Crippen molar-refractivity contribution in [2.45, 2.75) is 76.2 Å². The third kappa shape index (κ3) is 6.43. The first-order chi connectivity index (χ1) is 19.5. The zero-order valence-electron chi connectivity index (χ0n) is 24.6. The molecule has 1 atom stereocenters. The van der Waals surface area contributed by atoms with Gasteiger partial charge in [0.1, 0.15) is 5.75 Å². The molecule has 1 aromatic heterocycles. The van der Waals surface area contributed by atoms with Gasteiger partial charge in [-0.15, -0.1) is 0 Å². The number of aromatic nitrogens is 1. The van der Waals surface area contributed by atoms with Gasteiger partial charge in [0.15, 0.2) is 0 Å². The zero-order chi connectivity index (χ0) is 29.3. The summed E-state index contributed by atoms with van der Waals surface area (Å²) in [4.78, 5) is 6.86. The SMILES string of the molecule is COc1cc(C)c(S(=O)(=O)N2CCC[C@H]2CCCS(=O)(=O)N2CCC3(CCN(c4ccncc4)CC3)CC2)c(C)c1. The van der Waals surface area contributed by atoms with Gasteiger partial charge in [0.25, 0.3) is 0 Å². The van der Waals surface area contributed by atoms with Gasteiger partial charge in [-0.1, -0.05) is 0 Å². The lowest BCUT2D eigenvalue weighted by atomic mass is 9.71. The minimum absolute atomic E-state index is 0.0702. The fourth-order valence-corrected chi connectivity index (χ4v) is 10.8. The molecule has 5 rings (SSSR count). The number of rotatable bonds is 9. The van der Waals surface area contributed by atoms with Crippen molar-refractivity contribution in [3.05, 3.63) is 47.8 Å². The van der Waals surface area contributed by atoms with E-state index < -0.39 is 20.0 Å². The molecule has 0 radical (unpaired) electrons. The maximum atomic E-state index is 13.7. The molecule has 11 heteroatoms. The molecule has 0 bridgehead atoms. The predicted octanol–water partition coefficient (Wildman–Crippen LogP) is 4.35. The van der Waals surface area contributed by atoms with Crippen molar-refractivity contribution in [1.29, 1.82) is 0 Å². The fraction of sp³-hybridized carbons (Fsp3) is 0.633. The van der Waals surface area contributed by atoms with Crippen LogP contribution < -0.4 is 9.64 Å². The highest BCUT2D eigenvalue weighted by atomic mass is 32.2. The summed E-state index contributed by atoms with van der Waals surface area (Å²) in [6.07, 6.45) is 10.2. The van der Waals surface area contributed by atoms with Gasteiger partial charge >= 0.3 is 0 Å². The molecule has 3 saturated heterocycles. The Morgan fingerprint density at radius 1 is 0.927 bits per heavy atom. The molecule has 1 aromatic carbocycles. The van der Waals surface area contributed by atoms with E-state index in [1.54, 1.807) is 41.7 Å². The van der Waals surface area contributed by atoms with Gasteiger partial charge < -0.3 is 9.64 Å². The summed E-state index contributed by atoms with van der Waals surface area (Å²) in [6.45, 7) is 7.22. The van der Waals surface area contributed by atoms with Crippen molar-refractivity contribution in [1.82, 2.24) is 13.6 Å². The summed E-state index contributed by atoms with van der Waals surface area (Å²) in [7, 11) is -5.49. The number of hydrogen-bond donors (Lipinski definition) is 0. The van der Waals surface area contributed by atoms with E-state index in [4.69, 9.17) is 4.74 Å². The number of nitrogens with zero attached hydrogens (tertiary/aromatic N) is 4. The molecule has 1 spiro atoms. The first-order valence-electron chi connectivity index (χ1n) is 14.8. The second-order valence-electron chi connectivity index (χ2n) is 12.1. The average molecular weight is 605 g/mol. The van der Waals surface area contributed by atoms with Crippen LogP contribution in [0.4, 0.5) is 5.69 Å². The third-order valence-corrected chi connectivity index (χ3v) is 13.7. The second-order valence-corrected chi connectivity index (χ2v) is 16.0. The van der Waals surface area contributed by atoms with Crippen molar-refractivity contribution in [3.8, 4) is 5.75 Å². The van der Waals surface area contributed by atoms with Crippen LogP contribution in [0.1, 0.15) is 62.5 Å². The topological polar surface area (TPSA) is 100 Å². The van der Waals surface area contributed by atoms with Crippen molar-refractivity contribution in [2.75, 3.05) is 50.5 Å². The van der Waals surface area contributed by atoms with Crippen molar-refractivity contribution >= 4 is 25.7 Å². The molecule has 41 heavy (non-hydrogen) atoms. The monoisotopic (exact) mass is 604 g/mol. The van der Waals surface area contributed by atoms with Crippen LogP contribution in [-0.2, 0) is 20.0 Å². The lowest BCUT2D eigenvalue weighted by molar-refractivity contribution is 0.119. The minimum atomic E-state index is -3.69. The van der Waals surface area contributed by atoms with Crippen molar-refractivity contribution in [2.24, 2.45) is 5.41 Å². The number of hydrogen-bond acceptors (Lipinski definition) is 7. The average Bonchev–Trinajstić information content (AvgIpc) is 3.43. The molecule has 3 aliphatic heterocycles. The van der Waals surface area contributed by atoms with Crippen LogP contribution in [0, 0.1) is 19.3 Å². The molecular weight excluding hydrogens is 560 g/mol. The zero-order valence-corrected chi connectivity index (χ0v) is 26.2. The number of methoxy groups -OCH3 is 1. The number of anilines is 1. The Labute approximate surface area is 246 Å². The summed E-state index contributed by atoms with van der Waals surface area (Å²) in [6, 6.07) is 7.43. The van der Waals surface area contributed by atoms with E-state index in [0.29, 0.717) is 54.2 Å². The van der Waals surface area contributed by atoms with Crippen molar-refractivity contribution < 1.29 is 21.6 Å². The van der Waals surface area contributed by atoms with Crippen LogP contribution in [0.2, 0.25) is 0 Å². The molecule has 3 fully saturated rings. The maximum absolute atomic E-state index is 13.7. The van der Waals surface area contributed by atoms with E-state index in [0.717, 1.165) is 51.6 Å². The molecule has 0 amide bonds. The fourth-order valence-electron chi connectivity index (χ4n) is 7.13. The number of ether oxygens (including phenoxy) is 1. The van der Waals surface area contributed by atoms with Crippen LogP contribution in [0.25, 0.3) is 0 Å². The predicted molar refractivity (Wildman–Crippen MR) is 161 cm³/mol. The molecule has 0 aliphatic carbocycles. The molecule has 9 nitrogen and oxygen atoms in total. The standard InChI is InChI=1S/C30H44N4O5S2/c1-24-22-28(39-3)23-25(2)29(24)41(37,38)34-16-4-6-27(34)7-5-21-40(35,36)33-19-12-30(13-20-33)10-17-32(18-11-30)26-8-14-31-15-9-26/h8-9,14-15,22-23,27H,4-7,10-13,16-21H2,1-3H3/t27-/m0/s1. The maximum Gasteiger partial charge on any atom is 0.243 e. The molecule has 0 unspecified atom stereocenters. The Morgan fingerprint density at radius 3 is 2.15 bits per heavy atom. The third-order valence-electron chi connectivity index (χ3n) is 9.53. The highest BCUT2D eigenvalue weighted by Gasteiger charge is 2.41. The number of aryl methyl sites for hydroxylation is 2. The lowest BCUT2D eigenvalue weighted by Gasteiger charge is -2.47. The van der Waals surface area contributed by atoms with E-state index in [1.165, 1.54) is 5.69 Å². The first-order valence-corrected chi connectivity index (χ1v) is 17.9. The summed E-state index contributed by atoms with van der Waals surface area (Å²) < 4.78 is 62.5. The number of benzene rings is 1. The lowest BCUT2D eigenvalue weighted by Crippen LogP contribution is -2.48. The van der Waals surface area contributed by atoms with E-state index in [-0.39, 0.29) is 17.2 Å². The molecule has 0 saturated carbocycles. The van der Waals surface area contributed by atoms with Crippen LogP contribution >= 0.6 is 0 Å². The van der Waals surface area contributed by atoms with Gasteiger partial charge in [0.05, 0.1) is 17.8 Å². The Balaban J connectivity index is 1.13. The Hall–Kier alpha value is -2.21. The number of pyridine rings is 1. The molecule has 0 N–H and O–H groups in total. The summed E-state index contributed by atoms with van der Waals surface area (Å²) in [5, 5.41) is 0. The van der Waals surface area contributed by atoms with Gasteiger partial charge in [0.2, 0.25) is 20.0 Å². The van der Waals surface area contributed by atoms with Crippen molar-refractivity contribution in [3.63, 3.8) is 0 Å². The van der Waals surface area contributed by atoms with E-state index in [2.05, 4.69) is 22.0 Å². The molecule has 3 aliphatic rings. The van der Waals surface area contributed by atoms with Crippen LogP contribution in [0.15, 0.2) is 41.6 Å². The van der Waals surface area contributed by atoms with Crippen LogP contribution in [-0.4, -0.2) is 82.1 Å². The van der Waals surface area contributed by atoms with Gasteiger partial charge in [-0.2, -0.15) is 4.31 Å². The van der Waals surface area contributed by atoms with Gasteiger partial charge in [-0.05, 0) is 106 Å². The minimum Gasteiger partial charge on any atom is -0.497 e. The first kappa shape index (κ1) is 30.3. The summed E-state index contributed by atoms with van der Waals surface area (Å²) in [5.74, 6) is 0.710. The van der Waals surface area contributed by atoms with Crippen LogP contribution in [0.3, 0.4) is 0 Å². The highest BCUT2D eigenvalue weighted by molar-refractivity contribution is 7.89. The highest BCUT2D eigenvalue weighted by Crippen LogP contribution is 2.42. The molecular formula is C30H44N4O5S2. The van der Waals surface area contributed by atoms with Gasteiger partial charge in [0, 0.05) is 56.8 Å². The van der Waals surface area contributed by atoms with Gasteiger partial charge in [-0.3, -0.25) is 4.98 Å². The van der Waals surface area contributed by atoms with E-state index in [1.807, 2.05) is 12.4 Å². The Morgan fingerprint density at radius 2 is 1.54 bits per heavy atom. The van der Waals surface area contributed by atoms with Crippen LogP contribution in [0.5, 0.6) is 5.75 Å². The largest absolute Gasteiger partial charge is 0.497 e. The molecule has 226 valence electrons. The van der Waals surface area contributed by atoms with E-state index in [9.17, 15) is 16.8 Å². The Kier molecular flexibility index (Phi) is 8.99. The summed E-state index contributed by atoms with van der Waals surface area (Å²) >= 11 is 0.